The molecule has 0 saturated carbocycles. The molecule has 0 unspecified atom stereocenters. The number of hydrogen-bond donors (Lipinski definition) is 1. The smallest absolute Gasteiger partial charge is 0.275 e. The number of nitrogens with zero attached hydrogens (tertiary/aromatic N) is 2. The van der Waals surface area contributed by atoms with Gasteiger partial charge in [0.05, 0.1) is 5.01 Å². The van der Waals surface area contributed by atoms with Gasteiger partial charge in [0.15, 0.2) is 0 Å². The van der Waals surface area contributed by atoms with Crippen molar-refractivity contribution in [2.24, 2.45) is 0 Å². The number of anilines is 1. The highest BCUT2D eigenvalue weighted by atomic mass is 32.1. The number of carbonyl (C=O) groups excluding carboxylic acids is 1. The van der Waals surface area contributed by atoms with E-state index in [9.17, 15) is 9.18 Å². The van der Waals surface area contributed by atoms with E-state index in [0.717, 1.165) is 27.4 Å². The van der Waals surface area contributed by atoms with E-state index in [-0.39, 0.29) is 11.7 Å². The summed E-state index contributed by atoms with van der Waals surface area (Å²) in [6.07, 6.45) is 0. The summed E-state index contributed by atoms with van der Waals surface area (Å²) in [5.74, 6) is -0.0718. The Labute approximate surface area is 143 Å². The monoisotopic (exact) mass is 341 g/mol. The highest BCUT2D eigenvalue weighted by Gasteiger charge is 2.17. The van der Waals surface area contributed by atoms with Gasteiger partial charge in [-0.15, -0.1) is 11.3 Å². The SMILES string of the molecule is Cc1cc(-c2ccc(F)cc2)c(C)c(C(=O)Nc2csc(C)n2)n1. The number of aryl methyl sites for hydroxylation is 2. The van der Waals surface area contributed by atoms with Crippen LogP contribution in [0.25, 0.3) is 11.1 Å². The molecule has 0 spiro atoms. The lowest BCUT2D eigenvalue weighted by Gasteiger charge is -2.12. The molecule has 122 valence electrons. The van der Waals surface area contributed by atoms with Gasteiger partial charge in [-0.05, 0) is 55.7 Å². The number of carbonyl (C=O) groups is 1. The lowest BCUT2D eigenvalue weighted by Crippen LogP contribution is -2.16. The minimum absolute atomic E-state index is 0.293. The molecule has 24 heavy (non-hydrogen) atoms. The molecular weight excluding hydrogens is 325 g/mol. The van der Waals surface area contributed by atoms with Gasteiger partial charge in [-0.25, -0.2) is 14.4 Å². The van der Waals surface area contributed by atoms with Gasteiger partial charge in [-0.1, -0.05) is 12.1 Å². The fourth-order valence-electron chi connectivity index (χ4n) is 2.48. The Kier molecular flexibility index (Phi) is 4.40. The molecule has 0 bridgehead atoms. The Hall–Kier alpha value is -2.60. The Morgan fingerprint density at radius 2 is 1.83 bits per heavy atom. The third kappa shape index (κ3) is 3.33. The molecule has 0 radical (unpaired) electrons. The van der Waals surface area contributed by atoms with Gasteiger partial charge < -0.3 is 5.32 Å². The van der Waals surface area contributed by atoms with Crippen LogP contribution in [0.2, 0.25) is 0 Å². The first kappa shape index (κ1) is 16.3. The highest BCUT2D eigenvalue weighted by Crippen LogP contribution is 2.26. The molecule has 3 rings (SSSR count). The van der Waals surface area contributed by atoms with Gasteiger partial charge in [0.25, 0.3) is 5.91 Å². The first-order valence-electron chi connectivity index (χ1n) is 7.41. The van der Waals surface area contributed by atoms with E-state index in [2.05, 4.69) is 15.3 Å². The molecule has 0 aliphatic carbocycles. The maximum absolute atomic E-state index is 13.2. The zero-order valence-corrected chi connectivity index (χ0v) is 14.4. The van der Waals surface area contributed by atoms with Gasteiger partial charge in [0.1, 0.15) is 17.3 Å². The van der Waals surface area contributed by atoms with Crippen molar-refractivity contribution in [1.82, 2.24) is 9.97 Å². The van der Waals surface area contributed by atoms with Crippen LogP contribution < -0.4 is 5.32 Å². The summed E-state index contributed by atoms with van der Waals surface area (Å²) < 4.78 is 13.2. The quantitative estimate of drug-likeness (QED) is 0.762. The van der Waals surface area contributed by atoms with Crippen LogP contribution in [0.15, 0.2) is 35.7 Å². The highest BCUT2D eigenvalue weighted by molar-refractivity contribution is 7.09. The molecule has 0 atom stereocenters. The topological polar surface area (TPSA) is 54.9 Å². The fourth-order valence-corrected chi connectivity index (χ4v) is 3.03. The minimum Gasteiger partial charge on any atom is -0.304 e. The number of thiazole rings is 1. The van der Waals surface area contributed by atoms with E-state index >= 15 is 0 Å². The summed E-state index contributed by atoms with van der Waals surface area (Å²) in [6.45, 7) is 5.55. The second-order valence-corrected chi connectivity index (χ2v) is 6.56. The molecule has 2 heterocycles. The van der Waals surface area contributed by atoms with Crippen LogP contribution in [0, 0.1) is 26.6 Å². The maximum atomic E-state index is 13.2. The molecule has 0 saturated heterocycles. The molecule has 1 N–H and O–H groups in total. The molecular formula is C18H16FN3OS. The number of nitrogens with one attached hydrogen (secondary N) is 1. The molecule has 0 aliphatic heterocycles. The van der Waals surface area contributed by atoms with Crippen LogP contribution in [0.5, 0.6) is 0 Å². The van der Waals surface area contributed by atoms with Crippen LogP contribution in [0.4, 0.5) is 10.2 Å². The Balaban J connectivity index is 1.99. The van der Waals surface area contributed by atoms with E-state index in [1.54, 1.807) is 17.5 Å². The van der Waals surface area contributed by atoms with E-state index in [1.807, 2.05) is 26.8 Å². The first-order chi connectivity index (χ1) is 11.4. The molecule has 1 aromatic carbocycles. The van der Waals surface area contributed by atoms with Crippen molar-refractivity contribution in [3.8, 4) is 11.1 Å². The number of halogens is 1. The third-order valence-electron chi connectivity index (χ3n) is 3.63. The summed E-state index contributed by atoms with van der Waals surface area (Å²) in [7, 11) is 0. The van der Waals surface area contributed by atoms with Crippen molar-refractivity contribution in [3.63, 3.8) is 0 Å². The van der Waals surface area contributed by atoms with Crippen molar-refractivity contribution in [2.75, 3.05) is 5.32 Å². The Bertz CT molecular complexity index is 903. The Morgan fingerprint density at radius 3 is 2.46 bits per heavy atom. The van der Waals surface area contributed by atoms with E-state index in [4.69, 9.17) is 0 Å². The molecule has 6 heteroatoms. The van der Waals surface area contributed by atoms with Crippen LogP contribution >= 0.6 is 11.3 Å². The lowest BCUT2D eigenvalue weighted by molar-refractivity contribution is 0.102. The number of benzene rings is 1. The predicted octanol–water partition coefficient (Wildman–Crippen LogP) is 4.52. The normalized spacial score (nSPS) is 10.7. The van der Waals surface area contributed by atoms with Gasteiger partial charge >= 0.3 is 0 Å². The molecule has 4 nitrogen and oxygen atoms in total. The number of amides is 1. The van der Waals surface area contributed by atoms with E-state index in [0.29, 0.717) is 11.5 Å². The van der Waals surface area contributed by atoms with Gasteiger partial charge in [0, 0.05) is 11.1 Å². The number of aromatic nitrogens is 2. The van der Waals surface area contributed by atoms with Crippen LogP contribution in [-0.2, 0) is 0 Å². The standard InChI is InChI=1S/C18H16FN3OS/c1-10-8-15(13-4-6-14(19)7-5-13)11(2)17(20-10)18(23)22-16-9-24-12(3)21-16/h4-9H,1-3H3,(H,22,23). The van der Waals surface area contributed by atoms with Gasteiger partial charge in [0.2, 0.25) is 0 Å². The first-order valence-corrected chi connectivity index (χ1v) is 8.29. The second-order valence-electron chi connectivity index (χ2n) is 5.50. The van der Waals surface area contributed by atoms with E-state index in [1.165, 1.54) is 23.5 Å². The second kappa shape index (κ2) is 6.49. The Morgan fingerprint density at radius 1 is 1.12 bits per heavy atom. The summed E-state index contributed by atoms with van der Waals surface area (Å²) in [5, 5.41) is 5.44. The summed E-state index contributed by atoms with van der Waals surface area (Å²) in [6, 6.07) is 8.10. The molecule has 3 aromatic rings. The minimum atomic E-state index is -0.301. The summed E-state index contributed by atoms with van der Waals surface area (Å²) in [4.78, 5) is 21.2. The number of pyridine rings is 1. The van der Waals surface area contributed by atoms with Gasteiger partial charge in [-0.2, -0.15) is 0 Å². The third-order valence-corrected chi connectivity index (χ3v) is 4.41. The predicted molar refractivity (Wildman–Crippen MR) is 93.9 cm³/mol. The van der Waals surface area contributed by atoms with Crippen molar-refractivity contribution in [3.05, 3.63) is 63.5 Å². The lowest BCUT2D eigenvalue weighted by atomic mass is 9.98. The largest absolute Gasteiger partial charge is 0.304 e. The van der Waals surface area contributed by atoms with Crippen molar-refractivity contribution in [1.29, 1.82) is 0 Å². The van der Waals surface area contributed by atoms with Crippen LogP contribution in [0.3, 0.4) is 0 Å². The number of hydrogen-bond acceptors (Lipinski definition) is 4. The average Bonchev–Trinajstić information content (AvgIpc) is 2.95. The van der Waals surface area contributed by atoms with Crippen LogP contribution in [0.1, 0.15) is 26.8 Å². The fraction of sp³-hybridized carbons (Fsp3) is 0.167. The summed E-state index contributed by atoms with van der Waals surface area (Å²) in [5.41, 5.74) is 3.52. The van der Waals surface area contributed by atoms with E-state index < -0.39 is 0 Å². The summed E-state index contributed by atoms with van der Waals surface area (Å²) >= 11 is 1.47. The molecule has 0 fully saturated rings. The van der Waals surface area contributed by atoms with Gasteiger partial charge in [-0.3, -0.25) is 4.79 Å². The molecule has 2 aromatic heterocycles. The molecule has 0 aliphatic rings. The molecule has 1 amide bonds. The van der Waals surface area contributed by atoms with Crippen LogP contribution in [-0.4, -0.2) is 15.9 Å². The number of rotatable bonds is 3. The zero-order valence-electron chi connectivity index (χ0n) is 13.6. The maximum Gasteiger partial charge on any atom is 0.275 e. The average molecular weight is 341 g/mol. The zero-order chi connectivity index (χ0) is 17.3. The van der Waals surface area contributed by atoms with Crippen molar-refractivity contribution >= 4 is 23.1 Å². The van der Waals surface area contributed by atoms with Crippen molar-refractivity contribution < 1.29 is 9.18 Å². The van der Waals surface area contributed by atoms with Crippen molar-refractivity contribution in [2.45, 2.75) is 20.8 Å².